The monoisotopic (exact) mass is 332 g/mol. The first kappa shape index (κ1) is 17.7. The fraction of sp³-hybridized carbons (Fsp3) is 0.500. The number of hydrogen-bond donors (Lipinski definition) is 2. The number of aromatic nitrogens is 4. The minimum Gasteiger partial charge on any atom is -0.496 e. The highest BCUT2D eigenvalue weighted by Gasteiger charge is 2.17. The van der Waals surface area contributed by atoms with Crippen LogP contribution < -0.4 is 15.4 Å². The molecule has 0 radical (unpaired) electrons. The zero-order valence-electron chi connectivity index (χ0n) is 14.8. The van der Waals surface area contributed by atoms with Crippen LogP contribution in [-0.2, 0) is 18.5 Å². The van der Waals surface area contributed by atoms with Crippen LogP contribution in [0.2, 0.25) is 0 Å². The van der Waals surface area contributed by atoms with Gasteiger partial charge in [0.2, 0.25) is 0 Å². The van der Waals surface area contributed by atoms with E-state index >= 15 is 0 Å². The van der Waals surface area contributed by atoms with Crippen molar-refractivity contribution in [2.24, 2.45) is 0 Å². The molecule has 0 bridgehead atoms. The largest absolute Gasteiger partial charge is 0.496 e. The van der Waals surface area contributed by atoms with Gasteiger partial charge in [-0.25, -0.2) is 4.79 Å². The first-order valence-corrected chi connectivity index (χ1v) is 7.84. The quantitative estimate of drug-likeness (QED) is 0.876. The molecule has 1 aromatic heterocycles. The van der Waals surface area contributed by atoms with Gasteiger partial charge in [-0.15, -0.1) is 10.2 Å². The number of hydrogen-bond acceptors (Lipinski definition) is 5. The molecule has 0 saturated carbocycles. The predicted octanol–water partition coefficient (Wildman–Crippen LogP) is 2.32. The summed E-state index contributed by atoms with van der Waals surface area (Å²) in [6, 6.07) is 5.24. The van der Waals surface area contributed by atoms with Gasteiger partial charge in [0.05, 0.1) is 19.2 Å². The predicted molar refractivity (Wildman–Crippen MR) is 91.0 cm³/mol. The second kappa shape index (κ2) is 7.29. The Morgan fingerprint density at radius 3 is 2.67 bits per heavy atom. The topological polar surface area (TPSA) is 94.0 Å². The van der Waals surface area contributed by atoms with Crippen molar-refractivity contribution >= 4 is 11.7 Å². The molecule has 8 nitrogen and oxygen atoms in total. The van der Waals surface area contributed by atoms with E-state index in [1.165, 1.54) is 4.80 Å². The number of rotatable bonds is 5. The van der Waals surface area contributed by atoms with Gasteiger partial charge >= 0.3 is 6.03 Å². The van der Waals surface area contributed by atoms with Gasteiger partial charge in [0.1, 0.15) is 5.75 Å². The van der Waals surface area contributed by atoms with Crippen molar-refractivity contribution in [1.82, 2.24) is 25.5 Å². The lowest BCUT2D eigenvalue weighted by Crippen LogP contribution is -2.29. The van der Waals surface area contributed by atoms with Crippen molar-refractivity contribution in [3.8, 4) is 5.75 Å². The first-order chi connectivity index (χ1) is 11.3. The van der Waals surface area contributed by atoms with Gasteiger partial charge in [-0.3, -0.25) is 0 Å². The van der Waals surface area contributed by atoms with Crippen molar-refractivity contribution in [3.63, 3.8) is 0 Å². The molecular formula is C16H24N6O2. The van der Waals surface area contributed by atoms with E-state index in [0.717, 1.165) is 17.7 Å². The van der Waals surface area contributed by atoms with Crippen molar-refractivity contribution in [1.29, 1.82) is 0 Å². The van der Waals surface area contributed by atoms with Crippen molar-refractivity contribution < 1.29 is 9.53 Å². The van der Waals surface area contributed by atoms with Crippen LogP contribution in [0.4, 0.5) is 10.5 Å². The highest BCUT2D eigenvalue weighted by atomic mass is 16.5. The van der Waals surface area contributed by atoms with Gasteiger partial charge < -0.3 is 15.4 Å². The van der Waals surface area contributed by atoms with Gasteiger partial charge in [-0.1, -0.05) is 13.0 Å². The fourth-order valence-corrected chi connectivity index (χ4v) is 2.05. The summed E-state index contributed by atoms with van der Waals surface area (Å²) in [6.07, 6.45) is 0.866. The van der Waals surface area contributed by atoms with Crippen LogP contribution in [0.3, 0.4) is 0 Å². The summed E-state index contributed by atoms with van der Waals surface area (Å²) in [5.41, 5.74) is 1.50. The Hall–Kier alpha value is -2.64. The lowest BCUT2D eigenvalue weighted by molar-refractivity contribution is 0.251. The molecule has 1 heterocycles. The van der Waals surface area contributed by atoms with Crippen LogP contribution in [0.15, 0.2) is 18.2 Å². The highest BCUT2D eigenvalue weighted by Crippen LogP contribution is 2.23. The maximum atomic E-state index is 12.0. The van der Waals surface area contributed by atoms with E-state index in [9.17, 15) is 4.79 Å². The molecule has 8 heteroatoms. The second-order valence-electron chi connectivity index (χ2n) is 6.35. The van der Waals surface area contributed by atoms with Crippen molar-refractivity contribution in [2.75, 3.05) is 12.4 Å². The zero-order valence-corrected chi connectivity index (χ0v) is 14.8. The Labute approximate surface area is 141 Å². The molecule has 2 N–H and O–H groups in total. The number of anilines is 1. The van der Waals surface area contributed by atoms with Crippen LogP contribution in [0.25, 0.3) is 0 Å². The lowest BCUT2D eigenvalue weighted by atomic mass is 10.1. The molecule has 0 aliphatic heterocycles. The molecule has 0 unspecified atom stereocenters. The second-order valence-corrected chi connectivity index (χ2v) is 6.35. The third-order valence-corrected chi connectivity index (χ3v) is 3.39. The highest BCUT2D eigenvalue weighted by molar-refractivity contribution is 5.89. The van der Waals surface area contributed by atoms with Gasteiger partial charge in [-0.2, -0.15) is 4.80 Å². The number of carbonyl (C=O) groups is 1. The maximum Gasteiger partial charge on any atom is 0.319 e. The molecule has 2 amide bonds. The maximum absolute atomic E-state index is 12.0. The number of aryl methyl sites for hydroxylation is 1. The number of amides is 2. The van der Waals surface area contributed by atoms with Crippen LogP contribution in [0.1, 0.15) is 39.1 Å². The standard InChI is InChI=1S/C16H24N6O2/c1-6-11-7-8-12(9-13(11)24-5)18-15(23)17-10-14-19-21-22(20-14)16(2,3)4/h7-9H,6,10H2,1-5H3,(H2,17,18,23). The zero-order chi connectivity index (χ0) is 17.7. The number of urea groups is 1. The third kappa shape index (κ3) is 4.43. The summed E-state index contributed by atoms with van der Waals surface area (Å²) < 4.78 is 5.32. The van der Waals surface area contributed by atoms with E-state index in [0.29, 0.717) is 11.5 Å². The van der Waals surface area contributed by atoms with Crippen molar-refractivity contribution in [3.05, 3.63) is 29.6 Å². The number of nitrogens with one attached hydrogen (secondary N) is 2. The van der Waals surface area contributed by atoms with Gasteiger partial charge in [0.15, 0.2) is 5.82 Å². The van der Waals surface area contributed by atoms with Gasteiger partial charge in [-0.05, 0) is 44.0 Å². The number of ether oxygens (including phenoxy) is 1. The SMILES string of the molecule is CCc1ccc(NC(=O)NCc2nnn(C(C)(C)C)n2)cc1OC. The Balaban J connectivity index is 1.93. The summed E-state index contributed by atoms with van der Waals surface area (Å²) in [5.74, 6) is 1.21. The summed E-state index contributed by atoms with van der Waals surface area (Å²) in [5, 5.41) is 17.6. The average molecular weight is 332 g/mol. The smallest absolute Gasteiger partial charge is 0.319 e. The molecule has 0 aliphatic carbocycles. The summed E-state index contributed by atoms with van der Waals surface area (Å²) in [6.45, 7) is 8.19. The number of tetrazole rings is 1. The van der Waals surface area contributed by atoms with Crippen molar-refractivity contribution in [2.45, 2.75) is 46.2 Å². The molecule has 0 atom stereocenters. The summed E-state index contributed by atoms with van der Waals surface area (Å²) >= 11 is 0. The molecular weight excluding hydrogens is 308 g/mol. The summed E-state index contributed by atoms with van der Waals surface area (Å²) in [7, 11) is 1.61. The average Bonchev–Trinajstić information content (AvgIpc) is 3.02. The van der Waals surface area contributed by atoms with E-state index in [-0.39, 0.29) is 18.1 Å². The Bertz CT molecular complexity index is 705. The molecule has 0 spiro atoms. The first-order valence-electron chi connectivity index (χ1n) is 7.84. The van der Waals surface area contributed by atoms with E-state index in [1.54, 1.807) is 13.2 Å². The van der Waals surface area contributed by atoms with E-state index in [1.807, 2.05) is 32.9 Å². The molecule has 130 valence electrons. The number of carbonyl (C=O) groups excluding carboxylic acids is 1. The van der Waals surface area contributed by atoms with E-state index in [2.05, 4.69) is 33.0 Å². The van der Waals surface area contributed by atoms with Crippen LogP contribution in [0, 0.1) is 0 Å². The minimum absolute atomic E-state index is 0.200. The fourth-order valence-electron chi connectivity index (χ4n) is 2.05. The Kier molecular flexibility index (Phi) is 5.38. The van der Waals surface area contributed by atoms with Crippen LogP contribution >= 0.6 is 0 Å². The third-order valence-electron chi connectivity index (χ3n) is 3.39. The molecule has 2 aromatic rings. The number of nitrogens with zero attached hydrogens (tertiary/aromatic N) is 4. The Morgan fingerprint density at radius 2 is 2.08 bits per heavy atom. The Morgan fingerprint density at radius 1 is 1.33 bits per heavy atom. The van der Waals surface area contributed by atoms with E-state index in [4.69, 9.17) is 4.74 Å². The van der Waals surface area contributed by atoms with Crippen LogP contribution in [-0.4, -0.2) is 33.3 Å². The molecule has 0 saturated heterocycles. The normalized spacial score (nSPS) is 11.2. The molecule has 2 rings (SSSR count). The molecule has 1 aromatic carbocycles. The van der Waals surface area contributed by atoms with E-state index < -0.39 is 0 Å². The minimum atomic E-state index is -0.339. The number of benzene rings is 1. The molecule has 0 aliphatic rings. The van der Waals surface area contributed by atoms with Gasteiger partial charge in [0, 0.05) is 11.8 Å². The summed E-state index contributed by atoms with van der Waals surface area (Å²) in [4.78, 5) is 13.5. The molecule has 24 heavy (non-hydrogen) atoms. The van der Waals surface area contributed by atoms with Crippen LogP contribution in [0.5, 0.6) is 5.75 Å². The number of methoxy groups -OCH3 is 1. The van der Waals surface area contributed by atoms with Gasteiger partial charge in [0.25, 0.3) is 0 Å². The lowest BCUT2D eigenvalue weighted by Gasteiger charge is -2.15. The molecule has 0 fully saturated rings.